The van der Waals surface area contributed by atoms with Crippen molar-refractivity contribution >= 4 is 0 Å². The van der Waals surface area contributed by atoms with Crippen LogP contribution in [0.5, 0.6) is 0 Å². The Labute approximate surface area is 108 Å². The minimum Gasteiger partial charge on any atom is -0.265 e. The molecule has 0 bridgehead atoms. The molecule has 0 amide bonds. The van der Waals surface area contributed by atoms with Crippen LogP contribution < -0.4 is 0 Å². The fourth-order valence-corrected chi connectivity index (χ4v) is 2.31. The van der Waals surface area contributed by atoms with Crippen molar-refractivity contribution in [2.75, 3.05) is 0 Å². The van der Waals surface area contributed by atoms with Gasteiger partial charge >= 0.3 is 0 Å². The van der Waals surface area contributed by atoms with Crippen LogP contribution in [0.2, 0.25) is 0 Å². The molecular formula is C15H17N3. The van der Waals surface area contributed by atoms with E-state index < -0.39 is 0 Å². The Kier molecular flexibility index (Phi) is 3.47. The number of aromatic nitrogens is 2. The van der Waals surface area contributed by atoms with Crippen LogP contribution in [0.1, 0.15) is 35.4 Å². The highest BCUT2D eigenvalue weighted by atomic mass is 15.3. The first-order valence-electron chi connectivity index (χ1n) is 6.11. The van der Waals surface area contributed by atoms with Gasteiger partial charge in [0, 0.05) is 11.3 Å². The zero-order chi connectivity index (χ0) is 13.1. The van der Waals surface area contributed by atoms with E-state index in [-0.39, 0.29) is 5.92 Å². The van der Waals surface area contributed by atoms with Gasteiger partial charge in [0.15, 0.2) is 0 Å². The largest absolute Gasteiger partial charge is 0.265 e. The van der Waals surface area contributed by atoms with Crippen LogP contribution in [-0.4, -0.2) is 9.78 Å². The van der Waals surface area contributed by atoms with Crippen molar-refractivity contribution in [1.82, 2.24) is 9.78 Å². The zero-order valence-corrected chi connectivity index (χ0v) is 11.0. The zero-order valence-electron chi connectivity index (χ0n) is 11.0. The monoisotopic (exact) mass is 239 g/mol. The van der Waals surface area contributed by atoms with E-state index >= 15 is 0 Å². The fraction of sp³-hybridized carbons (Fsp3) is 0.333. The molecule has 0 aliphatic rings. The van der Waals surface area contributed by atoms with Crippen molar-refractivity contribution in [3.63, 3.8) is 0 Å². The van der Waals surface area contributed by atoms with Gasteiger partial charge in [-0.15, -0.1) is 0 Å². The summed E-state index contributed by atoms with van der Waals surface area (Å²) in [4.78, 5) is 0. The molecule has 1 unspecified atom stereocenters. The van der Waals surface area contributed by atoms with Crippen molar-refractivity contribution < 1.29 is 0 Å². The van der Waals surface area contributed by atoms with Gasteiger partial charge in [0.25, 0.3) is 0 Å². The summed E-state index contributed by atoms with van der Waals surface area (Å²) in [5.41, 5.74) is 4.33. The van der Waals surface area contributed by atoms with E-state index in [1.54, 1.807) is 0 Å². The van der Waals surface area contributed by atoms with E-state index in [2.05, 4.69) is 23.3 Å². The molecule has 0 fully saturated rings. The molecule has 1 aromatic carbocycles. The van der Waals surface area contributed by atoms with E-state index in [0.717, 1.165) is 23.5 Å². The molecule has 3 nitrogen and oxygen atoms in total. The molecule has 3 heteroatoms. The van der Waals surface area contributed by atoms with Crippen molar-refractivity contribution in [2.24, 2.45) is 0 Å². The molecule has 2 rings (SSSR count). The Bertz CT molecular complexity index is 576. The summed E-state index contributed by atoms with van der Waals surface area (Å²) in [6.07, 6.45) is 0. The molecule has 1 atom stereocenters. The number of nitrogens with zero attached hydrogens (tertiary/aromatic N) is 3. The maximum absolute atomic E-state index is 9.05. The van der Waals surface area contributed by atoms with Crippen molar-refractivity contribution in [1.29, 1.82) is 5.26 Å². The smallest absolute Gasteiger partial charge is 0.0720 e. The molecule has 1 heterocycles. The second kappa shape index (κ2) is 5.05. The number of rotatable bonds is 3. The van der Waals surface area contributed by atoms with Gasteiger partial charge in [-0.05, 0) is 26.3 Å². The topological polar surface area (TPSA) is 41.6 Å². The number of benzene rings is 1. The summed E-state index contributed by atoms with van der Waals surface area (Å²) in [6, 6.07) is 12.5. The van der Waals surface area contributed by atoms with E-state index in [4.69, 9.17) is 5.26 Å². The second-order valence-corrected chi connectivity index (χ2v) is 4.58. The average Bonchev–Trinajstić information content (AvgIpc) is 2.65. The lowest BCUT2D eigenvalue weighted by atomic mass is 10.0. The fourth-order valence-electron chi connectivity index (χ4n) is 2.31. The van der Waals surface area contributed by atoms with Gasteiger partial charge in [0.2, 0.25) is 0 Å². The number of hydrogen-bond donors (Lipinski definition) is 0. The van der Waals surface area contributed by atoms with E-state index in [0.29, 0.717) is 0 Å². The molecule has 92 valence electrons. The van der Waals surface area contributed by atoms with Crippen LogP contribution >= 0.6 is 0 Å². The number of aryl methyl sites for hydroxylation is 1. The van der Waals surface area contributed by atoms with Crippen LogP contribution in [0.25, 0.3) is 0 Å². The summed E-state index contributed by atoms with van der Waals surface area (Å²) in [7, 11) is 0. The average molecular weight is 239 g/mol. The molecule has 18 heavy (non-hydrogen) atoms. The maximum atomic E-state index is 9.05. The third kappa shape index (κ3) is 2.28. The molecule has 0 aliphatic carbocycles. The summed E-state index contributed by atoms with van der Waals surface area (Å²) in [5, 5.41) is 13.6. The minimum atomic E-state index is -0.102. The third-order valence-corrected chi connectivity index (χ3v) is 3.24. The molecule has 1 aromatic heterocycles. The lowest BCUT2D eigenvalue weighted by Gasteiger charge is -2.06. The van der Waals surface area contributed by atoms with Crippen LogP contribution in [0, 0.1) is 25.2 Å². The van der Waals surface area contributed by atoms with E-state index in [1.165, 1.54) is 5.56 Å². The van der Waals surface area contributed by atoms with Crippen LogP contribution in [0.15, 0.2) is 30.3 Å². The van der Waals surface area contributed by atoms with Crippen molar-refractivity contribution in [2.45, 2.75) is 33.2 Å². The molecule has 0 radical (unpaired) electrons. The number of nitriles is 1. The molecule has 0 N–H and O–H groups in total. The van der Waals surface area contributed by atoms with Gasteiger partial charge in [-0.2, -0.15) is 10.4 Å². The summed E-state index contributed by atoms with van der Waals surface area (Å²) in [5.74, 6) is -0.102. The standard InChI is InChI=1S/C15H17N3/c1-11(9-16)15-12(2)17-18(13(15)3)10-14-7-5-4-6-8-14/h4-8,11H,10H2,1-3H3. The van der Waals surface area contributed by atoms with Crippen molar-refractivity contribution in [3.8, 4) is 6.07 Å². The van der Waals surface area contributed by atoms with Crippen molar-refractivity contribution in [3.05, 3.63) is 52.8 Å². The lowest BCUT2D eigenvalue weighted by molar-refractivity contribution is 0.657. The van der Waals surface area contributed by atoms with Crippen LogP contribution in [-0.2, 0) is 6.54 Å². The molecule has 2 aromatic rings. The first-order valence-corrected chi connectivity index (χ1v) is 6.11. The third-order valence-electron chi connectivity index (χ3n) is 3.24. The summed E-state index contributed by atoms with van der Waals surface area (Å²) < 4.78 is 1.98. The predicted molar refractivity (Wildman–Crippen MR) is 71.3 cm³/mol. The SMILES string of the molecule is Cc1nn(Cc2ccccc2)c(C)c1C(C)C#N. The Hall–Kier alpha value is -2.08. The van der Waals surface area contributed by atoms with Gasteiger partial charge in [0.1, 0.15) is 0 Å². The van der Waals surface area contributed by atoms with Crippen LogP contribution in [0.4, 0.5) is 0 Å². The lowest BCUT2D eigenvalue weighted by Crippen LogP contribution is -2.04. The predicted octanol–water partition coefficient (Wildman–Crippen LogP) is 3.18. The Balaban J connectivity index is 2.34. The van der Waals surface area contributed by atoms with Crippen LogP contribution in [0.3, 0.4) is 0 Å². The Morgan fingerprint density at radius 1 is 1.28 bits per heavy atom. The van der Waals surface area contributed by atoms with Gasteiger partial charge in [0.05, 0.1) is 24.2 Å². The van der Waals surface area contributed by atoms with Gasteiger partial charge in [-0.3, -0.25) is 4.68 Å². The van der Waals surface area contributed by atoms with Gasteiger partial charge in [-0.25, -0.2) is 0 Å². The van der Waals surface area contributed by atoms with E-state index in [1.807, 2.05) is 43.7 Å². The van der Waals surface area contributed by atoms with Gasteiger partial charge < -0.3 is 0 Å². The maximum Gasteiger partial charge on any atom is 0.0720 e. The second-order valence-electron chi connectivity index (χ2n) is 4.58. The Morgan fingerprint density at radius 2 is 1.94 bits per heavy atom. The molecule has 0 saturated heterocycles. The Morgan fingerprint density at radius 3 is 2.56 bits per heavy atom. The number of hydrogen-bond acceptors (Lipinski definition) is 2. The highest BCUT2D eigenvalue weighted by Crippen LogP contribution is 2.23. The molecule has 0 aliphatic heterocycles. The van der Waals surface area contributed by atoms with E-state index in [9.17, 15) is 0 Å². The molecular weight excluding hydrogens is 222 g/mol. The van der Waals surface area contributed by atoms with Gasteiger partial charge in [-0.1, -0.05) is 30.3 Å². The molecule has 0 spiro atoms. The first-order chi connectivity index (χ1) is 8.63. The quantitative estimate of drug-likeness (QED) is 0.825. The minimum absolute atomic E-state index is 0.102. The normalized spacial score (nSPS) is 12.1. The summed E-state index contributed by atoms with van der Waals surface area (Å²) in [6.45, 7) is 6.68. The highest BCUT2D eigenvalue weighted by Gasteiger charge is 2.16. The molecule has 0 saturated carbocycles. The highest BCUT2D eigenvalue weighted by molar-refractivity contribution is 5.32. The first kappa shape index (κ1) is 12.4. The summed E-state index contributed by atoms with van der Waals surface area (Å²) >= 11 is 0.